The monoisotopic (exact) mass is 382 g/mol. The van der Waals surface area contributed by atoms with Gasteiger partial charge in [0.2, 0.25) is 0 Å². The summed E-state index contributed by atoms with van der Waals surface area (Å²) >= 11 is 0. The third-order valence-corrected chi connectivity index (χ3v) is 4.84. The Morgan fingerprint density at radius 1 is 0.963 bits per heavy atom. The Morgan fingerprint density at radius 2 is 1.67 bits per heavy atom. The molecule has 3 rings (SSSR count). The highest BCUT2D eigenvalue weighted by Crippen LogP contribution is 2.25. The number of phenols is 1. The smallest absolute Gasteiger partial charge is 0.263 e. The molecule has 0 fully saturated rings. The van der Waals surface area contributed by atoms with Gasteiger partial charge >= 0.3 is 0 Å². The van der Waals surface area contributed by atoms with Crippen LogP contribution in [-0.4, -0.2) is 24.8 Å². The minimum Gasteiger partial charge on any atom is -0.507 e. The first-order valence-corrected chi connectivity index (χ1v) is 9.20. The van der Waals surface area contributed by atoms with E-state index in [1.807, 2.05) is 0 Å². The number of hydrogen-bond acceptors (Lipinski definition) is 7. The first kappa shape index (κ1) is 18.2. The normalized spacial score (nSPS) is 11.4. The molecule has 136 valence electrons. The number of carbonyl (C=O) groups excluding carboxylic acids is 1. The summed E-state index contributed by atoms with van der Waals surface area (Å²) in [6, 6.07) is 14.9. The van der Waals surface area contributed by atoms with Gasteiger partial charge in [-0.1, -0.05) is 6.07 Å². The third kappa shape index (κ3) is 4.53. The van der Waals surface area contributed by atoms with Gasteiger partial charge in [0.1, 0.15) is 11.6 Å². The Bertz CT molecular complexity index is 1080. The second kappa shape index (κ2) is 7.75. The maximum atomic E-state index is 12.3. The number of anilines is 1. The lowest BCUT2D eigenvalue weighted by Gasteiger charge is -2.06. The fraction of sp³-hybridized carbons (Fsp3) is 0. The van der Waals surface area contributed by atoms with Crippen LogP contribution in [0.25, 0.3) is 0 Å². The van der Waals surface area contributed by atoms with Gasteiger partial charge in [0.25, 0.3) is 10.0 Å². The molecule has 0 saturated heterocycles. The lowest BCUT2D eigenvalue weighted by atomic mass is 10.2. The van der Waals surface area contributed by atoms with E-state index < -0.39 is 10.0 Å². The zero-order valence-electron chi connectivity index (χ0n) is 13.9. The van der Waals surface area contributed by atoms with Gasteiger partial charge in [-0.3, -0.25) is 9.52 Å². The van der Waals surface area contributed by atoms with Gasteiger partial charge in [-0.2, -0.15) is 10.2 Å². The number of hydrogen-bond donors (Lipinski definition) is 2. The van der Waals surface area contributed by atoms with Gasteiger partial charge in [-0.15, -0.1) is 0 Å². The van der Waals surface area contributed by atoms with Crippen LogP contribution in [0.2, 0.25) is 0 Å². The Labute approximate surface area is 155 Å². The molecule has 0 spiro atoms. The van der Waals surface area contributed by atoms with E-state index in [4.69, 9.17) is 0 Å². The number of aromatic hydroxyl groups is 1. The van der Waals surface area contributed by atoms with Crippen LogP contribution in [-0.2, 0) is 10.0 Å². The molecule has 0 amide bonds. The summed E-state index contributed by atoms with van der Waals surface area (Å²) in [5.74, 6) is 0.0819. The number of sulfonamides is 1. The summed E-state index contributed by atoms with van der Waals surface area (Å²) in [4.78, 5) is 14.8. The van der Waals surface area contributed by atoms with Crippen molar-refractivity contribution in [3.05, 3.63) is 72.4 Å². The third-order valence-electron chi connectivity index (χ3n) is 3.47. The van der Waals surface area contributed by atoms with Gasteiger partial charge < -0.3 is 5.11 Å². The number of azo groups is 1. The summed E-state index contributed by atoms with van der Waals surface area (Å²) in [5.41, 5.74) is 0.907. The molecule has 3 aromatic rings. The van der Waals surface area contributed by atoms with Gasteiger partial charge in [0.05, 0.1) is 21.8 Å². The number of phenolic OH excluding ortho intramolecular Hbond substituents is 1. The first-order chi connectivity index (χ1) is 13.0. The summed E-state index contributed by atoms with van der Waals surface area (Å²) in [6.45, 7) is 0. The minimum absolute atomic E-state index is 0.0555. The minimum atomic E-state index is -3.76. The highest BCUT2D eigenvalue weighted by Gasteiger charge is 2.14. The van der Waals surface area contributed by atoms with Gasteiger partial charge in [0, 0.05) is 6.20 Å². The molecule has 1 aromatic heterocycles. The van der Waals surface area contributed by atoms with Crippen LogP contribution in [0.1, 0.15) is 10.4 Å². The van der Waals surface area contributed by atoms with E-state index in [9.17, 15) is 18.3 Å². The highest BCUT2D eigenvalue weighted by molar-refractivity contribution is 7.92. The van der Waals surface area contributed by atoms with Crippen LogP contribution in [0.15, 0.2) is 82.0 Å². The Kier molecular flexibility index (Phi) is 5.23. The van der Waals surface area contributed by atoms with Gasteiger partial charge in [-0.25, -0.2) is 13.4 Å². The Hall–Kier alpha value is -3.59. The zero-order valence-corrected chi connectivity index (χ0v) is 14.7. The van der Waals surface area contributed by atoms with E-state index in [-0.39, 0.29) is 22.0 Å². The lowest BCUT2D eigenvalue weighted by Crippen LogP contribution is -2.13. The molecule has 0 aliphatic heterocycles. The first-order valence-electron chi connectivity index (χ1n) is 7.72. The maximum Gasteiger partial charge on any atom is 0.263 e. The molecule has 2 N–H and O–H groups in total. The fourth-order valence-corrected chi connectivity index (χ4v) is 3.13. The van der Waals surface area contributed by atoms with E-state index in [1.165, 1.54) is 48.7 Å². The quantitative estimate of drug-likeness (QED) is 0.496. The predicted molar refractivity (Wildman–Crippen MR) is 99.2 cm³/mol. The second-order valence-corrected chi connectivity index (χ2v) is 7.06. The van der Waals surface area contributed by atoms with Crippen molar-refractivity contribution in [3.63, 3.8) is 0 Å². The maximum absolute atomic E-state index is 12.3. The van der Waals surface area contributed by atoms with E-state index in [0.717, 1.165) is 0 Å². The van der Waals surface area contributed by atoms with Crippen LogP contribution in [0, 0.1) is 0 Å². The average Bonchev–Trinajstić information content (AvgIpc) is 2.68. The van der Waals surface area contributed by atoms with Crippen molar-refractivity contribution >= 4 is 33.5 Å². The van der Waals surface area contributed by atoms with Crippen molar-refractivity contribution in [2.75, 3.05) is 4.72 Å². The SMILES string of the molecule is O=Cc1cc(/N=N/c2ccc(S(=O)(=O)Nc3ccccn3)cc2)ccc1O. The van der Waals surface area contributed by atoms with Crippen molar-refractivity contribution < 1.29 is 18.3 Å². The average molecular weight is 382 g/mol. The number of rotatable bonds is 6. The number of nitrogens with one attached hydrogen (secondary N) is 1. The van der Waals surface area contributed by atoms with Gasteiger partial charge in [0.15, 0.2) is 6.29 Å². The fourth-order valence-electron chi connectivity index (χ4n) is 2.13. The van der Waals surface area contributed by atoms with E-state index in [1.54, 1.807) is 18.2 Å². The van der Waals surface area contributed by atoms with Crippen LogP contribution in [0.4, 0.5) is 17.2 Å². The predicted octanol–water partition coefficient (Wildman–Crippen LogP) is 3.82. The molecular formula is C18H14N4O4S. The van der Waals surface area contributed by atoms with E-state index >= 15 is 0 Å². The summed E-state index contributed by atoms with van der Waals surface area (Å²) in [7, 11) is -3.76. The number of aldehydes is 1. The van der Waals surface area contributed by atoms with Crippen LogP contribution >= 0.6 is 0 Å². The molecule has 27 heavy (non-hydrogen) atoms. The molecule has 0 bridgehead atoms. The zero-order chi connectivity index (χ0) is 19.3. The molecule has 9 heteroatoms. The Morgan fingerprint density at radius 3 is 2.33 bits per heavy atom. The number of pyridine rings is 1. The second-order valence-electron chi connectivity index (χ2n) is 5.38. The van der Waals surface area contributed by atoms with Crippen molar-refractivity contribution in [1.29, 1.82) is 0 Å². The van der Waals surface area contributed by atoms with Gasteiger partial charge in [-0.05, 0) is 54.6 Å². The highest BCUT2D eigenvalue weighted by atomic mass is 32.2. The molecule has 0 unspecified atom stereocenters. The topological polar surface area (TPSA) is 121 Å². The Balaban J connectivity index is 1.76. The van der Waals surface area contributed by atoms with Crippen molar-refractivity contribution in [3.8, 4) is 5.75 Å². The molecule has 0 saturated carbocycles. The molecule has 2 aromatic carbocycles. The molecule has 8 nitrogen and oxygen atoms in total. The number of benzene rings is 2. The summed E-state index contributed by atoms with van der Waals surface area (Å²) < 4.78 is 27.0. The number of aromatic nitrogens is 1. The summed E-state index contributed by atoms with van der Waals surface area (Å²) in [6.07, 6.45) is 2.00. The van der Waals surface area contributed by atoms with Crippen LogP contribution in [0.3, 0.4) is 0 Å². The summed E-state index contributed by atoms with van der Waals surface area (Å²) in [5, 5.41) is 17.4. The standard InChI is InChI=1S/C18H14N4O4S/c23-12-13-11-15(6-9-17(13)24)21-20-14-4-7-16(8-5-14)27(25,26)22-18-3-1-2-10-19-18/h1-12,24H,(H,19,22)/b21-20+. The van der Waals surface area contributed by atoms with Crippen molar-refractivity contribution in [2.45, 2.75) is 4.90 Å². The largest absolute Gasteiger partial charge is 0.507 e. The lowest BCUT2D eigenvalue weighted by molar-refractivity contribution is 0.112. The van der Waals surface area contributed by atoms with Crippen molar-refractivity contribution in [1.82, 2.24) is 4.98 Å². The van der Waals surface area contributed by atoms with E-state index in [2.05, 4.69) is 19.9 Å². The molecular weight excluding hydrogens is 368 g/mol. The molecule has 1 heterocycles. The molecule has 0 aliphatic rings. The van der Waals surface area contributed by atoms with Crippen LogP contribution < -0.4 is 4.72 Å². The van der Waals surface area contributed by atoms with Crippen LogP contribution in [0.5, 0.6) is 5.75 Å². The van der Waals surface area contributed by atoms with Crippen molar-refractivity contribution in [2.24, 2.45) is 10.2 Å². The van der Waals surface area contributed by atoms with E-state index in [0.29, 0.717) is 17.7 Å². The molecule has 0 radical (unpaired) electrons. The number of nitrogens with zero attached hydrogens (tertiary/aromatic N) is 3. The number of carbonyl (C=O) groups is 1. The molecule has 0 atom stereocenters. The molecule has 0 aliphatic carbocycles.